The Bertz CT molecular complexity index is 931. The summed E-state index contributed by atoms with van der Waals surface area (Å²) < 4.78 is 19.6. The van der Waals surface area contributed by atoms with Crippen molar-refractivity contribution < 1.29 is 13.9 Å². The van der Waals surface area contributed by atoms with Crippen molar-refractivity contribution in [2.24, 2.45) is 0 Å². The first kappa shape index (κ1) is 19.7. The van der Waals surface area contributed by atoms with Crippen molar-refractivity contribution in [1.82, 2.24) is 14.9 Å². The molecule has 1 heterocycles. The summed E-state index contributed by atoms with van der Waals surface area (Å²) in [5.41, 5.74) is -1.75. The predicted octanol–water partition coefficient (Wildman–Crippen LogP) is 2.52. The highest BCUT2D eigenvalue weighted by atomic mass is 35.5. The fourth-order valence-corrected chi connectivity index (χ4v) is 2.43. The quantitative estimate of drug-likeness (QED) is 0.848. The zero-order chi connectivity index (χ0) is 19.5. The number of aromatic nitrogens is 2. The molecular formula is C17H19ClFN3O4. The van der Waals surface area contributed by atoms with Crippen molar-refractivity contribution >= 4 is 17.7 Å². The molecule has 1 amide bonds. The summed E-state index contributed by atoms with van der Waals surface area (Å²) in [6.45, 7) is 5.06. The largest absolute Gasteiger partial charge is 0.444 e. The Morgan fingerprint density at radius 1 is 1.31 bits per heavy atom. The molecule has 0 spiro atoms. The predicted molar refractivity (Wildman–Crippen MR) is 96.0 cm³/mol. The Labute approximate surface area is 153 Å². The smallest absolute Gasteiger partial charge is 0.407 e. The Kier molecular flexibility index (Phi) is 5.86. The second-order valence-electron chi connectivity index (χ2n) is 6.49. The number of rotatable bonds is 4. The highest BCUT2D eigenvalue weighted by Gasteiger charge is 2.17. The van der Waals surface area contributed by atoms with E-state index in [0.29, 0.717) is 0 Å². The van der Waals surface area contributed by atoms with Gasteiger partial charge in [0.25, 0.3) is 5.56 Å². The van der Waals surface area contributed by atoms with Gasteiger partial charge in [-0.05, 0) is 26.8 Å². The van der Waals surface area contributed by atoms with Gasteiger partial charge in [-0.1, -0.05) is 23.7 Å². The highest BCUT2D eigenvalue weighted by Crippen LogP contribution is 2.27. The van der Waals surface area contributed by atoms with Crippen LogP contribution in [-0.2, 0) is 11.3 Å². The standard InChI is InChI=1S/C17H19ClFN3O4/c1-17(2,3)26-16(25)20-7-8-22-14(23)11(9-21-15(22)24)10-5-4-6-12(19)13(10)18/h4-6,9H,7-8H2,1-3H3,(H,20,25)(H,21,24). The summed E-state index contributed by atoms with van der Waals surface area (Å²) in [6.07, 6.45) is 0.523. The molecule has 0 unspecified atom stereocenters. The molecule has 0 saturated carbocycles. The van der Waals surface area contributed by atoms with E-state index in [2.05, 4.69) is 10.3 Å². The lowest BCUT2D eigenvalue weighted by molar-refractivity contribution is 0.0525. The molecule has 140 valence electrons. The van der Waals surface area contributed by atoms with Gasteiger partial charge in [-0.2, -0.15) is 0 Å². The van der Waals surface area contributed by atoms with Crippen LogP contribution in [0.1, 0.15) is 20.8 Å². The molecule has 0 radical (unpaired) electrons. The number of carbonyl (C=O) groups excluding carboxylic acids is 1. The number of aromatic amines is 1. The van der Waals surface area contributed by atoms with Crippen LogP contribution in [0.2, 0.25) is 5.02 Å². The third kappa shape index (κ3) is 4.72. The highest BCUT2D eigenvalue weighted by molar-refractivity contribution is 6.33. The number of halogens is 2. The van der Waals surface area contributed by atoms with Crippen LogP contribution in [0.15, 0.2) is 34.0 Å². The minimum absolute atomic E-state index is 0.00175. The minimum atomic E-state index is -0.673. The molecule has 7 nitrogen and oxygen atoms in total. The SMILES string of the molecule is CC(C)(C)OC(=O)NCCn1c(=O)[nH]cc(-c2cccc(F)c2Cl)c1=O. The van der Waals surface area contributed by atoms with Crippen molar-refractivity contribution in [1.29, 1.82) is 0 Å². The van der Waals surface area contributed by atoms with Gasteiger partial charge >= 0.3 is 11.8 Å². The summed E-state index contributed by atoms with van der Waals surface area (Å²) in [5.74, 6) is -0.673. The monoisotopic (exact) mass is 383 g/mol. The van der Waals surface area contributed by atoms with E-state index in [1.165, 1.54) is 24.4 Å². The maximum atomic E-state index is 13.6. The number of H-pyrrole nitrogens is 1. The maximum Gasteiger partial charge on any atom is 0.407 e. The molecule has 1 aromatic heterocycles. The molecule has 0 saturated heterocycles. The van der Waals surface area contributed by atoms with Crippen LogP contribution in [0.3, 0.4) is 0 Å². The molecule has 9 heteroatoms. The number of nitrogens with one attached hydrogen (secondary N) is 2. The average molecular weight is 384 g/mol. The van der Waals surface area contributed by atoms with Crippen LogP contribution in [-0.4, -0.2) is 27.8 Å². The number of ether oxygens (including phenoxy) is 1. The van der Waals surface area contributed by atoms with Crippen LogP contribution in [0, 0.1) is 5.82 Å². The lowest BCUT2D eigenvalue weighted by Crippen LogP contribution is -2.40. The van der Waals surface area contributed by atoms with E-state index in [1.54, 1.807) is 20.8 Å². The molecule has 1 aromatic carbocycles. The molecule has 0 aliphatic heterocycles. The van der Waals surface area contributed by atoms with Gasteiger partial charge in [0.15, 0.2) is 0 Å². The van der Waals surface area contributed by atoms with E-state index in [-0.39, 0.29) is 29.2 Å². The second kappa shape index (κ2) is 7.74. The maximum absolute atomic E-state index is 13.6. The topological polar surface area (TPSA) is 93.2 Å². The van der Waals surface area contributed by atoms with E-state index in [1.807, 2.05) is 0 Å². The Morgan fingerprint density at radius 2 is 2.00 bits per heavy atom. The molecule has 0 atom stereocenters. The van der Waals surface area contributed by atoms with Crippen molar-refractivity contribution in [3.8, 4) is 11.1 Å². The lowest BCUT2D eigenvalue weighted by Gasteiger charge is -2.19. The fourth-order valence-electron chi connectivity index (χ4n) is 2.20. The van der Waals surface area contributed by atoms with Crippen LogP contribution in [0.25, 0.3) is 11.1 Å². The normalized spacial score (nSPS) is 11.3. The molecule has 0 aliphatic carbocycles. The van der Waals surface area contributed by atoms with E-state index in [9.17, 15) is 18.8 Å². The van der Waals surface area contributed by atoms with Gasteiger partial charge in [0.2, 0.25) is 0 Å². The molecule has 26 heavy (non-hydrogen) atoms. The van der Waals surface area contributed by atoms with Gasteiger partial charge < -0.3 is 15.0 Å². The molecule has 2 N–H and O–H groups in total. The summed E-state index contributed by atoms with van der Waals surface area (Å²) in [4.78, 5) is 38.5. The number of hydrogen-bond donors (Lipinski definition) is 2. The van der Waals surface area contributed by atoms with Gasteiger partial charge in [-0.3, -0.25) is 9.36 Å². The minimum Gasteiger partial charge on any atom is -0.444 e. The van der Waals surface area contributed by atoms with E-state index >= 15 is 0 Å². The first-order valence-electron chi connectivity index (χ1n) is 7.84. The summed E-state index contributed by atoms with van der Waals surface area (Å²) >= 11 is 5.91. The molecular weight excluding hydrogens is 365 g/mol. The Hall–Kier alpha value is -2.61. The third-order valence-electron chi connectivity index (χ3n) is 3.31. The first-order chi connectivity index (χ1) is 12.1. The van der Waals surface area contributed by atoms with E-state index in [4.69, 9.17) is 16.3 Å². The molecule has 2 rings (SSSR count). The number of hydrogen-bond acceptors (Lipinski definition) is 4. The number of nitrogens with zero attached hydrogens (tertiary/aromatic N) is 1. The van der Waals surface area contributed by atoms with E-state index in [0.717, 1.165) is 4.57 Å². The zero-order valence-electron chi connectivity index (χ0n) is 14.6. The molecule has 0 fully saturated rings. The second-order valence-corrected chi connectivity index (χ2v) is 6.87. The molecule has 0 aliphatic rings. The third-order valence-corrected chi connectivity index (χ3v) is 3.69. The van der Waals surface area contributed by atoms with Crippen LogP contribution in [0.4, 0.5) is 9.18 Å². The van der Waals surface area contributed by atoms with Gasteiger partial charge in [-0.15, -0.1) is 0 Å². The summed E-state index contributed by atoms with van der Waals surface area (Å²) in [5, 5.41) is 2.25. The van der Waals surface area contributed by atoms with Crippen LogP contribution in [0.5, 0.6) is 0 Å². The number of alkyl carbamates (subject to hydrolysis) is 1. The van der Waals surface area contributed by atoms with Gasteiger partial charge in [0.05, 0.1) is 10.6 Å². The average Bonchev–Trinajstić information content (AvgIpc) is 2.52. The van der Waals surface area contributed by atoms with Crippen molar-refractivity contribution in [2.75, 3.05) is 6.54 Å². The Morgan fingerprint density at radius 3 is 2.65 bits per heavy atom. The fraction of sp³-hybridized carbons (Fsp3) is 0.353. The van der Waals surface area contributed by atoms with Crippen molar-refractivity contribution in [3.05, 3.63) is 56.1 Å². The zero-order valence-corrected chi connectivity index (χ0v) is 15.3. The first-order valence-corrected chi connectivity index (χ1v) is 8.21. The lowest BCUT2D eigenvalue weighted by atomic mass is 10.1. The summed E-state index contributed by atoms with van der Waals surface area (Å²) in [6, 6.07) is 4.06. The number of carbonyl (C=O) groups is 1. The van der Waals surface area contributed by atoms with Crippen LogP contribution >= 0.6 is 11.6 Å². The van der Waals surface area contributed by atoms with Crippen molar-refractivity contribution in [2.45, 2.75) is 32.9 Å². The van der Waals surface area contributed by atoms with Gasteiger partial charge in [-0.25, -0.2) is 14.0 Å². The molecule has 0 bridgehead atoms. The number of amides is 1. The van der Waals surface area contributed by atoms with Gasteiger partial charge in [0.1, 0.15) is 11.4 Å². The van der Waals surface area contributed by atoms with E-state index < -0.39 is 28.8 Å². The summed E-state index contributed by atoms with van der Waals surface area (Å²) in [7, 11) is 0. The van der Waals surface area contributed by atoms with Gasteiger partial charge in [0, 0.05) is 24.8 Å². The number of benzene rings is 1. The Balaban J connectivity index is 2.23. The molecule has 2 aromatic rings. The van der Waals surface area contributed by atoms with Crippen LogP contribution < -0.4 is 16.6 Å². The van der Waals surface area contributed by atoms with Crippen molar-refractivity contribution in [3.63, 3.8) is 0 Å².